The molecule has 1 N–H and O–H groups in total. The van der Waals surface area contributed by atoms with Crippen molar-refractivity contribution in [2.24, 2.45) is 0 Å². The molecule has 86 valence electrons. The third-order valence-corrected chi connectivity index (χ3v) is 2.17. The van der Waals surface area contributed by atoms with Crippen molar-refractivity contribution in [1.29, 1.82) is 5.26 Å². The van der Waals surface area contributed by atoms with Crippen LogP contribution in [0.1, 0.15) is 6.92 Å². The fraction of sp³-hybridized carbons (Fsp3) is 0.364. The number of aliphatic hydroxyl groups is 1. The van der Waals surface area contributed by atoms with Crippen LogP contribution >= 0.6 is 15.9 Å². The highest BCUT2D eigenvalue weighted by Crippen LogP contribution is 2.30. The van der Waals surface area contributed by atoms with Crippen LogP contribution in [0.4, 0.5) is 0 Å². The first-order chi connectivity index (χ1) is 7.63. The van der Waals surface area contributed by atoms with Gasteiger partial charge >= 0.3 is 0 Å². The highest BCUT2D eigenvalue weighted by Gasteiger charge is 2.07. The van der Waals surface area contributed by atoms with Crippen LogP contribution in [-0.2, 0) is 0 Å². The highest BCUT2D eigenvalue weighted by atomic mass is 79.9. The van der Waals surface area contributed by atoms with Gasteiger partial charge in [0.2, 0.25) is 0 Å². The molecule has 0 heterocycles. The monoisotopic (exact) mass is 285 g/mol. The smallest absolute Gasteiger partial charge is 0.174 e. The molecule has 5 heteroatoms. The third kappa shape index (κ3) is 4.09. The maximum absolute atomic E-state index is 9.11. The molecule has 0 bridgehead atoms. The first-order valence-corrected chi connectivity index (χ1v) is 5.53. The summed E-state index contributed by atoms with van der Waals surface area (Å²) in [6.07, 6.45) is -0.549. The second-order valence-corrected chi connectivity index (χ2v) is 4.11. The molecule has 1 rings (SSSR count). The number of hydrogen-bond acceptors (Lipinski definition) is 4. The van der Waals surface area contributed by atoms with Gasteiger partial charge in [0.15, 0.2) is 18.1 Å². The molecular weight excluding hydrogens is 274 g/mol. The number of hydrogen-bond donors (Lipinski definition) is 1. The zero-order chi connectivity index (χ0) is 12.0. The van der Waals surface area contributed by atoms with Gasteiger partial charge in [0.05, 0.1) is 6.10 Å². The van der Waals surface area contributed by atoms with Gasteiger partial charge < -0.3 is 14.6 Å². The van der Waals surface area contributed by atoms with E-state index in [2.05, 4.69) is 15.9 Å². The molecule has 0 fully saturated rings. The minimum Gasteiger partial charge on any atom is -0.487 e. The topological polar surface area (TPSA) is 62.5 Å². The Kier molecular flexibility index (Phi) is 5.09. The number of nitrogens with zero attached hydrogens (tertiary/aromatic N) is 1. The van der Waals surface area contributed by atoms with Crippen LogP contribution in [-0.4, -0.2) is 24.4 Å². The Morgan fingerprint density at radius 2 is 2.19 bits per heavy atom. The van der Waals surface area contributed by atoms with E-state index in [-0.39, 0.29) is 13.2 Å². The number of rotatable bonds is 5. The molecule has 0 saturated carbocycles. The van der Waals surface area contributed by atoms with E-state index in [0.717, 1.165) is 4.47 Å². The van der Waals surface area contributed by atoms with Gasteiger partial charge in [-0.25, -0.2) is 0 Å². The lowest BCUT2D eigenvalue weighted by molar-refractivity contribution is 0.120. The lowest BCUT2D eigenvalue weighted by Crippen LogP contribution is -2.13. The molecule has 0 amide bonds. The summed E-state index contributed by atoms with van der Waals surface area (Å²) in [6, 6.07) is 7.13. The molecular formula is C11H12BrNO3. The minimum atomic E-state index is -0.549. The van der Waals surface area contributed by atoms with Crippen LogP contribution in [0.3, 0.4) is 0 Å². The predicted octanol–water partition coefficient (Wildman–Crippen LogP) is 2.11. The molecule has 0 spiro atoms. The van der Waals surface area contributed by atoms with Gasteiger partial charge in [-0.15, -0.1) is 0 Å². The largest absolute Gasteiger partial charge is 0.487 e. The van der Waals surface area contributed by atoms with Gasteiger partial charge in [0.25, 0.3) is 0 Å². The normalized spacial score (nSPS) is 11.6. The number of benzene rings is 1. The summed E-state index contributed by atoms with van der Waals surface area (Å²) in [5.74, 6) is 0.996. The molecule has 4 nitrogen and oxygen atoms in total. The summed E-state index contributed by atoms with van der Waals surface area (Å²) in [7, 11) is 0. The van der Waals surface area contributed by atoms with Crippen molar-refractivity contribution in [3.05, 3.63) is 22.7 Å². The van der Waals surface area contributed by atoms with E-state index in [9.17, 15) is 0 Å². The summed E-state index contributed by atoms with van der Waals surface area (Å²) >= 11 is 3.30. The standard InChI is InChI=1S/C11H12BrNO3/c1-8(14)7-16-10-3-2-9(12)6-11(10)15-5-4-13/h2-3,6,8,14H,5,7H2,1H3. The molecule has 0 aromatic heterocycles. The summed E-state index contributed by atoms with van der Waals surface area (Å²) < 4.78 is 11.4. The molecule has 0 saturated heterocycles. The van der Waals surface area contributed by atoms with Crippen LogP contribution < -0.4 is 9.47 Å². The average molecular weight is 286 g/mol. The molecule has 16 heavy (non-hydrogen) atoms. The molecule has 1 unspecified atom stereocenters. The first kappa shape index (κ1) is 12.8. The van der Waals surface area contributed by atoms with Crippen LogP contribution in [0.25, 0.3) is 0 Å². The molecule has 0 radical (unpaired) electrons. The number of halogens is 1. The van der Waals surface area contributed by atoms with E-state index < -0.39 is 6.10 Å². The Morgan fingerprint density at radius 1 is 1.44 bits per heavy atom. The molecule has 0 aliphatic rings. The van der Waals surface area contributed by atoms with E-state index in [1.165, 1.54) is 0 Å². The van der Waals surface area contributed by atoms with Crippen LogP contribution in [0.5, 0.6) is 11.5 Å². The van der Waals surface area contributed by atoms with Crippen molar-refractivity contribution in [2.75, 3.05) is 13.2 Å². The van der Waals surface area contributed by atoms with Crippen LogP contribution in [0.15, 0.2) is 22.7 Å². The van der Waals surface area contributed by atoms with Crippen molar-refractivity contribution in [1.82, 2.24) is 0 Å². The summed E-state index contributed by atoms with van der Waals surface area (Å²) in [4.78, 5) is 0. The second kappa shape index (κ2) is 6.36. The Bertz CT molecular complexity index is 387. The zero-order valence-electron chi connectivity index (χ0n) is 8.81. The molecule has 1 atom stereocenters. The Morgan fingerprint density at radius 3 is 2.81 bits per heavy atom. The van der Waals surface area contributed by atoms with E-state index in [1.54, 1.807) is 25.1 Å². The number of aliphatic hydroxyl groups excluding tert-OH is 1. The first-order valence-electron chi connectivity index (χ1n) is 4.73. The van der Waals surface area contributed by atoms with E-state index >= 15 is 0 Å². The van der Waals surface area contributed by atoms with Crippen molar-refractivity contribution in [3.63, 3.8) is 0 Å². The molecule has 0 aliphatic heterocycles. The van der Waals surface area contributed by atoms with Crippen molar-refractivity contribution < 1.29 is 14.6 Å². The van der Waals surface area contributed by atoms with E-state index in [1.807, 2.05) is 6.07 Å². The Hall–Kier alpha value is -1.25. The maximum Gasteiger partial charge on any atom is 0.174 e. The van der Waals surface area contributed by atoms with Gasteiger partial charge in [-0.3, -0.25) is 0 Å². The van der Waals surface area contributed by atoms with Gasteiger partial charge in [0, 0.05) is 4.47 Å². The van der Waals surface area contributed by atoms with E-state index in [0.29, 0.717) is 11.5 Å². The Balaban J connectivity index is 2.77. The SMILES string of the molecule is CC(O)COc1ccc(Br)cc1OCC#N. The Labute approximate surface area is 103 Å². The van der Waals surface area contributed by atoms with Gasteiger partial charge in [-0.1, -0.05) is 15.9 Å². The average Bonchev–Trinajstić information content (AvgIpc) is 2.24. The second-order valence-electron chi connectivity index (χ2n) is 3.20. The highest BCUT2D eigenvalue weighted by molar-refractivity contribution is 9.10. The lowest BCUT2D eigenvalue weighted by atomic mass is 10.3. The van der Waals surface area contributed by atoms with Gasteiger partial charge in [0.1, 0.15) is 12.7 Å². The van der Waals surface area contributed by atoms with Gasteiger partial charge in [-0.2, -0.15) is 5.26 Å². The number of ether oxygens (including phenoxy) is 2. The zero-order valence-corrected chi connectivity index (χ0v) is 10.4. The molecule has 1 aromatic rings. The van der Waals surface area contributed by atoms with Crippen molar-refractivity contribution in [3.8, 4) is 17.6 Å². The maximum atomic E-state index is 9.11. The van der Waals surface area contributed by atoms with Crippen molar-refractivity contribution >= 4 is 15.9 Å². The lowest BCUT2D eigenvalue weighted by Gasteiger charge is -2.12. The van der Waals surface area contributed by atoms with Crippen LogP contribution in [0, 0.1) is 11.3 Å². The summed E-state index contributed by atoms with van der Waals surface area (Å²) in [6.45, 7) is 1.78. The van der Waals surface area contributed by atoms with Crippen LogP contribution in [0.2, 0.25) is 0 Å². The fourth-order valence-electron chi connectivity index (χ4n) is 1.03. The van der Waals surface area contributed by atoms with Crippen molar-refractivity contribution in [2.45, 2.75) is 13.0 Å². The summed E-state index contributed by atoms with van der Waals surface area (Å²) in [5.41, 5.74) is 0. The minimum absolute atomic E-state index is 0.0402. The third-order valence-electron chi connectivity index (χ3n) is 1.68. The van der Waals surface area contributed by atoms with E-state index in [4.69, 9.17) is 19.8 Å². The number of nitriles is 1. The fourth-order valence-corrected chi connectivity index (χ4v) is 1.37. The van der Waals surface area contributed by atoms with Gasteiger partial charge in [-0.05, 0) is 25.1 Å². The molecule has 1 aromatic carbocycles. The quantitative estimate of drug-likeness (QED) is 0.900. The summed E-state index contributed by atoms with van der Waals surface area (Å²) in [5, 5.41) is 17.5. The molecule has 0 aliphatic carbocycles. The predicted molar refractivity (Wildman–Crippen MR) is 62.4 cm³/mol.